The summed E-state index contributed by atoms with van der Waals surface area (Å²) in [6, 6.07) is 5.79. The third kappa shape index (κ3) is 3.08. The molecule has 0 spiro atoms. The number of nitrogens with two attached hydrogens (primary N) is 1. The number of rotatable bonds is 5. The van der Waals surface area contributed by atoms with Gasteiger partial charge in [-0.2, -0.15) is 5.10 Å². The predicted octanol–water partition coefficient (Wildman–Crippen LogP) is 2.39. The van der Waals surface area contributed by atoms with Crippen molar-refractivity contribution in [1.29, 1.82) is 5.41 Å². The highest BCUT2D eigenvalue weighted by atomic mass is 35.5. The Kier molecular flexibility index (Phi) is 4.70. The van der Waals surface area contributed by atoms with Gasteiger partial charge in [0.15, 0.2) is 5.65 Å². The van der Waals surface area contributed by atoms with Crippen molar-refractivity contribution in [3.63, 3.8) is 0 Å². The van der Waals surface area contributed by atoms with Gasteiger partial charge in [-0.15, -0.1) is 11.3 Å². The number of hydrogen-bond donors (Lipinski definition) is 2. The zero-order chi connectivity index (χ0) is 19.8. The molecule has 4 aromatic heterocycles. The standard InChI is InChI=1S/C18H16ClN7OS/c1-25-15-11(8-23-26(18(15)27)9-13(21)12(19)7-20)16-17(25)24-14(28-16)6-10-4-2-3-5-22-10/h2-5,7-8,20H,6,9,21H2,1H3. The molecule has 4 rings (SSSR count). The molecule has 0 unspecified atom stereocenters. The van der Waals surface area contributed by atoms with E-state index in [1.54, 1.807) is 17.0 Å². The van der Waals surface area contributed by atoms with Gasteiger partial charge in [0.05, 0.1) is 28.2 Å². The minimum atomic E-state index is -0.283. The van der Waals surface area contributed by atoms with E-state index in [0.29, 0.717) is 11.9 Å². The maximum atomic E-state index is 12.9. The Morgan fingerprint density at radius 3 is 2.96 bits per heavy atom. The number of nitrogens with zero attached hydrogens (tertiary/aromatic N) is 5. The summed E-state index contributed by atoms with van der Waals surface area (Å²) in [5.41, 5.74) is 7.94. The number of fused-ring (bicyclic) bond motifs is 3. The second-order valence-corrected chi connectivity index (χ2v) is 7.70. The lowest BCUT2D eigenvalue weighted by molar-refractivity contribution is 0.632. The Hall–Kier alpha value is -3.04. The van der Waals surface area contributed by atoms with Crippen molar-refractivity contribution in [1.82, 2.24) is 24.3 Å². The minimum Gasteiger partial charge on any atom is -0.399 e. The molecule has 0 fully saturated rings. The molecular weight excluding hydrogens is 398 g/mol. The van der Waals surface area contributed by atoms with Crippen LogP contribution in [0.5, 0.6) is 0 Å². The summed E-state index contributed by atoms with van der Waals surface area (Å²) in [5, 5.41) is 13.2. The number of aryl methyl sites for hydroxylation is 1. The summed E-state index contributed by atoms with van der Waals surface area (Å²) >= 11 is 7.38. The molecule has 0 saturated carbocycles. The molecule has 4 aromatic rings. The van der Waals surface area contributed by atoms with Crippen LogP contribution in [0.1, 0.15) is 10.7 Å². The van der Waals surface area contributed by atoms with Crippen LogP contribution in [-0.4, -0.2) is 30.5 Å². The summed E-state index contributed by atoms with van der Waals surface area (Å²) < 4.78 is 3.94. The van der Waals surface area contributed by atoms with Crippen LogP contribution in [0, 0.1) is 5.41 Å². The fourth-order valence-corrected chi connectivity index (χ4v) is 4.19. The Morgan fingerprint density at radius 2 is 2.25 bits per heavy atom. The topological polar surface area (TPSA) is 115 Å². The van der Waals surface area contributed by atoms with Crippen LogP contribution in [0.25, 0.3) is 21.3 Å². The summed E-state index contributed by atoms with van der Waals surface area (Å²) in [6.45, 7) is 0.0141. The molecule has 8 nitrogen and oxygen atoms in total. The highest BCUT2D eigenvalue weighted by Gasteiger charge is 2.18. The number of thiazole rings is 1. The van der Waals surface area contributed by atoms with E-state index >= 15 is 0 Å². The third-order valence-electron chi connectivity index (χ3n) is 4.38. The number of nitrogens with one attached hydrogen (secondary N) is 1. The molecule has 10 heteroatoms. The average Bonchev–Trinajstić information content (AvgIpc) is 3.22. The first kappa shape index (κ1) is 18.3. The zero-order valence-corrected chi connectivity index (χ0v) is 16.5. The summed E-state index contributed by atoms with van der Waals surface area (Å²) in [7, 11) is 1.81. The van der Waals surface area contributed by atoms with E-state index in [4.69, 9.17) is 27.7 Å². The van der Waals surface area contributed by atoms with E-state index in [0.717, 1.165) is 32.6 Å². The Morgan fingerprint density at radius 1 is 1.43 bits per heavy atom. The second kappa shape index (κ2) is 7.17. The number of halogens is 1. The molecule has 0 radical (unpaired) electrons. The molecular formula is C18H16ClN7OS. The maximum Gasteiger partial charge on any atom is 0.291 e. The van der Waals surface area contributed by atoms with Crippen molar-refractivity contribution in [2.45, 2.75) is 13.0 Å². The van der Waals surface area contributed by atoms with Crippen molar-refractivity contribution in [2.75, 3.05) is 0 Å². The van der Waals surface area contributed by atoms with Crippen molar-refractivity contribution in [2.24, 2.45) is 12.8 Å². The van der Waals surface area contributed by atoms with Crippen molar-refractivity contribution < 1.29 is 0 Å². The van der Waals surface area contributed by atoms with E-state index in [2.05, 4.69) is 10.1 Å². The van der Waals surface area contributed by atoms with Gasteiger partial charge in [0.25, 0.3) is 5.56 Å². The van der Waals surface area contributed by atoms with Crippen LogP contribution < -0.4 is 11.3 Å². The second-order valence-electron chi connectivity index (χ2n) is 6.20. The Balaban J connectivity index is 1.79. The molecule has 3 N–H and O–H groups in total. The highest BCUT2D eigenvalue weighted by molar-refractivity contribution is 7.19. The van der Waals surface area contributed by atoms with Crippen LogP contribution in [0.2, 0.25) is 0 Å². The summed E-state index contributed by atoms with van der Waals surface area (Å²) in [5.74, 6) is 0. The van der Waals surface area contributed by atoms with Gasteiger partial charge >= 0.3 is 0 Å². The lowest BCUT2D eigenvalue weighted by atomic mass is 10.3. The lowest BCUT2D eigenvalue weighted by Crippen LogP contribution is -2.26. The van der Waals surface area contributed by atoms with Crippen molar-refractivity contribution in [3.05, 3.63) is 62.4 Å². The monoisotopic (exact) mass is 413 g/mol. The predicted molar refractivity (Wildman–Crippen MR) is 111 cm³/mol. The van der Waals surface area contributed by atoms with Crippen molar-refractivity contribution >= 4 is 50.4 Å². The van der Waals surface area contributed by atoms with Crippen LogP contribution in [0.3, 0.4) is 0 Å². The fourth-order valence-electron chi connectivity index (χ4n) is 3.01. The van der Waals surface area contributed by atoms with Gasteiger partial charge < -0.3 is 15.7 Å². The molecule has 0 aliphatic heterocycles. The molecule has 0 aromatic carbocycles. The first-order valence-electron chi connectivity index (χ1n) is 8.38. The van der Waals surface area contributed by atoms with Gasteiger partial charge in [0.1, 0.15) is 10.5 Å². The van der Waals surface area contributed by atoms with Gasteiger partial charge in [-0.25, -0.2) is 9.67 Å². The van der Waals surface area contributed by atoms with Gasteiger partial charge in [0.2, 0.25) is 0 Å². The van der Waals surface area contributed by atoms with E-state index in [1.807, 2.05) is 25.2 Å². The molecule has 4 heterocycles. The SMILES string of the molecule is Cn1c2nc(Cc3ccccn3)sc2c2cnn(CC(N)=C(Cl)C=N)c(=O)c21. The smallest absolute Gasteiger partial charge is 0.291 e. The van der Waals surface area contributed by atoms with Crippen LogP contribution in [0.15, 0.2) is 46.1 Å². The average molecular weight is 414 g/mol. The molecule has 0 atom stereocenters. The maximum absolute atomic E-state index is 12.9. The van der Waals surface area contributed by atoms with E-state index in [1.165, 1.54) is 16.0 Å². The minimum absolute atomic E-state index is 0.0141. The first-order valence-corrected chi connectivity index (χ1v) is 9.57. The largest absolute Gasteiger partial charge is 0.399 e. The zero-order valence-electron chi connectivity index (χ0n) is 14.9. The third-order valence-corrected chi connectivity index (χ3v) is 5.81. The summed E-state index contributed by atoms with van der Waals surface area (Å²) in [6.07, 6.45) is 4.98. The highest BCUT2D eigenvalue weighted by Crippen LogP contribution is 2.31. The lowest BCUT2D eigenvalue weighted by Gasteiger charge is -2.06. The van der Waals surface area contributed by atoms with E-state index in [9.17, 15) is 4.79 Å². The molecule has 0 aliphatic carbocycles. The molecule has 28 heavy (non-hydrogen) atoms. The first-order chi connectivity index (χ1) is 13.5. The van der Waals surface area contributed by atoms with E-state index < -0.39 is 0 Å². The molecule has 0 amide bonds. The number of aromatic nitrogens is 5. The Bertz CT molecular complexity index is 1290. The van der Waals surface area contributed by atoms with Crippen LogP contribution >= 0.6 is 22.9 Å². The number of allylic oxidation sites excluding steroid dienone is 2. The molecule has 0 saturated heterocycles. The van der Waals surface area contributed by atoms with Crippen LogP contribution in [0.4, 0.5) is 0 Å². The van der Waals surface area contributed by atoms with Crippen LogP contribution in [-0.2, 0) is 20.0 Å². The molecule has 142 valence electrons. The summed E-state index contributed by atoms with van der Waals surface area (Å²) in [4.78, 5) is 21.9. The van der Waals surface area contributed by atoms with E-state index in [-0.39, 0.29) is 22.8 Å². The van der Waals surface area contributed by atoms with Gasteiger partial charge in [-0.05, 0) is 12.1 Å². The van der Waals surface area contributed by atoms with Gasteiger partial charge in [-0.3, -0.25) is 9.78 Å². The normalized spacial score (nSPS) is 12.5. The fraction of sp³-hybridized carbons (Fsp3) is 0.167. The van der Waals surface area contributed by atoms with Gasteiger partial charge in [-0.1, -0.05) is 17.7 Å². The number of hydrogen-bond acceptors (Lipinski definition) is 7. The molecule has 0 bridgehead atoms. The number of pyridine rings is 1. The Labute approximate surface area is 168 Å². The van der Waals surface area contributed by atoms with Gasteiger partial charge in [0, 0.05) is 37.0 Å². The molecule has 0 aliphatic rings. The van der Waals surface area contributed by atoms with Crippen molar-refractivity contribution in [3.8, 4) is 0 Å². The quantitative estimate of drug-likeness (QED) is 0.487.